The molecule has 0 atom stereocenters. The van der Waals surface area contributed by atoms with Crippen molar-refractivity contribution in [1.29, 1.82) is 0 Å². The van der Waals surface area contributed by atoms with E-state index in [1.165, 1.54) is 37.8 Å². The van der Waals surface area contributed by atoms with Gasteiger partial charge < -0.3 is 4.43 Å². The Kier molecular flexibility index (Phi) is 6.71. The normalized spacial score (nSPS) is 11.3. The average Bonchev–Trinajstić information content (AvgIpc) is 2.91. The summed E-state index contributed by atoms with van der Waals surface area (Å²) < 4.78 is 8.18. The number of hydrogen-bond acceptors (Lipinski definition) is 1. The van der Waals surface area contributed by atoms with E-state index in [-0.39, 0.29) is 0 Å². The molecule has 0 spiro atoms. The van der Waals surface area contributed by atoms with Crippen LogP contribution in [-0.2, 0) is 0 Å². The van der Waals surface area contributed by atoms with Gasteiger partial charge in [0.15, 0.2) is 0 Å². The van der Waals surface area contributed by atoms with Gasteiger partial charge in [-0.05, 0) is 74.2 Å². The predicted molar refractivity (Wildman–Crippen MR) is 154 cm³/mol. The number of rotatable bonds is 6. The van der Waals surface area contributed by atoms with Crippen LogP contribution >= 0.6 is 15.9 Å². The van der Waals surface area contributed by atoms with Crippen molar-refractivity contribution < 1.29 is 4.43 Å². The molecule has 1 nitrogen and oxygen atoms in total. The Balaban J connectivity index is 1.68. The summed E-state index contributed by atoms with van der Waals surface area (Å²) in [7, 11) is -2.84. The van der Waals surface area contributed by atoms with Crippen LogP contribution in [0.5, 0.6) is 5.75 Å². The third-order valence-corrected chi connectivity index (χ3v) is 11.0. The maximum atomic E-state index is 7.23. The van der Waals surface area contributed by atoms with Crippen LogP contribution in [0.4, 0.5) is 0 Å². The standard InChI is InChI=1S/C32H27BrOSi/c1-24-18-19-25(2)30(22-24)26-20-21-32(31(33)23-26)34-35(27-12-6-3-7-13-27,28-14-8-4-9-15-28)29-16-10-5-11-17-29/h3-23H,1-2H3. The number of aryl methyl sites for hydroxylation is 2. The van der Waals surface area contributed by atoms with Crippen LogP contribution in [0.1, 0.15) is 11.1 Å². The first-order valence-corrected chi connectivity index (χ1v) is 14.5. The van der Waals surface area contributed by atoms with Crippen molar-refractivity contribution in [3.8, 4) is 16.9 Å². The van der Waals surface area contributed by atoms with Gasteiger partial charge in [-0.3, -0.25) is 0 Å². The van der Waals surface area contributed by atoms with Crippen LogP contribution in [-0.4, -0.2) is 8.32 Å². The molecule has 0 amide bonds. The van der Waals surface area contributed by atoms with Crippen molar-refractivity contribution in [2.24, 2.45) is 0 Å². The van der Waals surface area contributed by atoms with Gasteiger partial charge in [0.25, 0.3) is 0 Å². The minimum atomic E-state index is -2.84. The fourth-order valence-electron chi connectivity index (χ4n) is 4.66. The summed E-state index contributed by atoms with van der Waals surface area (Å²) in [6.45, 7) is 4.29. The zero-order chi connectivity index (χ0) is 24.3. The van der Waals surface area contributed by atoms with Crippen molar-refractivity contribution in [2.75, 3.05) is 0 Å². The zero-order valence-corrected chi connectivity index (χ0v) is 22.5. The summed E-state index contributed by atoms with van der Waals surface area (Å²) in [6.07, 6.45) is 0. The zero-order valence-electron chi connectivity index (χ0n) is 19.9. The van der Waals surface area contributed by atoms with E-state index in [0.717, 1.165) is 10.2 Å². The molecule has 0 saturated heterocycles. The molecule has 0 unspecified atom stereocenters. The first-order chi connectivity index (χ1) is 17.1. The van der Waals surface area contributed by atoms with Crippen LogP contribution in [0.3, 0.4) is 0 Å². The Morgan fingerprint density at radius 3 is 1.57 bits per heavy atom. The second-order valence-corrected chi connectivity index (χ2v) is 13.0. The van der Waals surface area contributed by atoms with E-state index < -0.39 is 8.32 Å². The molecule has 0 aliphatic carbocycles. The lowest BCUT2D eigenvalue weighted by Gasteiger charge is -2.34. The molecule has 5 aromatic rings. The summed E-state index contributed by atoms with van der Waals surface area (Å²) in [4.78, 5) is 0. The summed E-state index contributed by atoms with van der Waals surface area (Å²) >= 11 is 3.86. The fraction of sp³-hybridized carbons (Fsp3) is 0.0625. The highest BCUT2D eigenvalue weighted by Gasteiger charge is 2.44. The van der Waals surface area contributed by atoms with Gasteiger partial charge >= 0.3 is 8.32 Å². The summed E-state index contributed by atoms with van der Waals surface area (Å²) in [5, 5.41) is 3.63. The maximum absolute atomic E-state index is 7.23. The minimum absolute atomic E-state index is 0.849. The van der Waals surface area contributed by atoms with Gasteiger partial charge in [-0.15, -0.1) is 0 Å². The van der Waals surface area contributed by atoms with Crippen molar-refractivity contribution in [1.82, 2.24) is 0 Å². The lowest BCUT2D eigenvalue weighted by Crippen LogP contribution is -2.71. The Labute approximate surface area is 217 Å². The molecule has 0 N–H and O–H groups in total. The van der Waals surface area contributed by atoms with E-state index in [4.69, 9.17) is 4.43 Å². The first kappa shape index (κ1) is 23.3. The summed E-state index contributed by atoms with van der Waals surface area (Å²) in [5.74, 6) is 0.849. The second-order valence-electron chi connectivity index (χ2n) is 8.84. The smallest absolute Gasteiger partial charge is 0.346 e. The van der Waals surface area contributed by atoms with Gasteiger partial charge in [0.2, 0.25) is 0 Å². The molecular weight excluding hydrogens is 508 g/mol. The van der Waals surface area contributed by atoms with Crippen molar-refractivity contribution in [3.05, 3.63) is 143 Å². The topological polar surface area (TPSA) is 9.23 Å². The van der Waals surface area contributed by atoms with Crippen LogP contribution in [0.2, 0.25) is 0 Å². The molecule has 5 aromatic carbocycles. The van der Waals surface area contributed by atoms with E-state index in [0.29, 0.717) is 0 Å². The molecule has 35 heavy (non-hydrogen) atoms. The van der Waals surface area contributed by atoms with E-state index in [9.17, 15) is 0 Å². The third kappa shape index (κ3) is 4.62. The molecule has 3 heteroatoms. The van der Waals surface area contributed by atoms with Gasteiger partial charge in [0.1, 0.15) is 5.75 Å². The van der Waals surface area contributed by atoms with E-state index in [1.54, 1.807) is 0 Å². The van der Waals surface area contributed by atoms with Crippen molar-refractivity contribution in [2.45, 2.75) is 13.8 Å². The monoisotopic (exact) mass is 534 g/mol. The third-order valence-electron chi connectivity index (χ3n) is 6.44. The number of hydrogen-bond donors (Lipinski definition) is 0. The highest BCUT2D eigenvalue weighted by molar-refractivity contribution is 9.10. The van der Waals surface area contributed by atoms with Crippen molar-refractivity contribution in [3.63, 3.8) is 0 Å². The summed E-state index contributed by atoms with van der Waals surface area (Å²) in [6, 6.07) is 45.0. The predicted octanol–water partition coefficient (Wildman–Crippen LogP) is 6.78. The average molecular weight is 536 g/mol. The van der Waals surface area contributed by atoms with E-state index in [1.807, 2.05) is 0 Å². The molecule has 0 heterocycles. The Hall–Kier alpha value is -3.40. The highest BCUT2D eigenvalue weighted by Crippen LogP contribution is 2.34. The number of halogens is 1. The van der Waals surface area contributed by atoms with Gasteiger partial charge in [-0.2, -0.15) is 0 Å². The molecule has 0 aliphatic heterocycles. The largest absolute Gasteiger partial charge is 0.529 e. The number of benzene rings is 5. The molecule has 0 aliphatic rings. The SMILES string of the molecule is Cc1ccc(C)c(-c2ccc(O[Si](c3ccccc3)(c3ccccc3)c3ccccc3)c(Br)c2)c1. The minimum Gasteiger partial charge on any atom is -0.529 e. The van der Waals surface area contributed by atoms with Gasteiger partial charge in [0, 0.05) is 0 Å². The Morgan fingerprint density at radius 1 is 0.571 bits per heavy atom. The molecule has 0 fully saturated rings. The lowest BCUT2D eigenvalue weighted by atomic mass is 9.98. The van der Waals surface area contributed by atoms with Crippen LogP contribution < -0.4 is 20.0 Å². The molecule has 5 rings (SSSR count). The second kappa shape index (κ2) is 10.1. The summed E-state index contributed by atoms with van der Waals surface area (Å²) in [5.41, 5.74) is 4.94. The van der Waals surface area contributed by atoms with Gasteiger partial charge in [0.05, 0.1) is 4.47 Å². The molecule has 172 valence electrons. The van der Waals surface area contributed by atoms with Crippen LogP contribution in [0.25, 0.3) is 11.1 Å². The molecule has 0 bridgehead atoms. The molecule has 0 aromatic heterocycles. The van der Waals surface area contributed by atoms with Gasteiger partial charge in [-0.1, -0.05) is 121 Å². The van der Waals surface area contributed by atoms with Crippen LogP contribution in [0, 0.1) is 13.8 Å². The highest BCUT2D eigenvalue weighted by atomic mass is 79.9. The fourth-order valence-corrected chi connectivity index (χ4v) is 9.11. The van der Waals surface area contributed by atoms with Gasteiger partial charge in [-0.25, -0.2) is 0 Å². The van der Waals surface area contributed by atoms with E-state index in [2.05, 4.69) is 157 Å². The van der Waals surface area contributed by atoms with Crippen LogP contribution in [0.15, 0.2) is 132 Å². The Bertz CT molecular complexity index is 1340. The molecular formula is C32H27BrOSi. The lowest BCUT2D eigenvalue weighted by molar-refractivity contribution is 0.573. The first-order valence-electron chi connectivity index (χ1n) is 11.8. The van der Waals surface area contributed by atoms with Crippen molar-refractivity contribution >= 4 is 39.8 Å². The molecule has 0 saturated carbocycles. The quantitative estimate of drug-likeness (QED) is 0.172. The van der Waals surface area contributed by atoms with E-state index >= 15 is 0 Å². The Morgan fingerprint density at radius 2 is 1.09 bits per heavy atom. The molecule has 0 radical (unpaired) electrons. The maximum Gasteiger partial charge on any atom is 0.346 e.